The van der Waals surface area contributed by atoms with Crippen molar-refractivity contribution in [3.05, 3.63) is 94.6 Å². The first-order valence-corrected chi connectivity index (χ1v) is 11.1. The molecule has 0 radical (unpaired) electrons. The molecule has 0 aromatic heterocycles. The van der Waals surface area contributed by atoms with E-state index in [1.807, 2.05) is 45.0 Å². The molecule has 3 aromatic rings. The van der Waals surface area contributed by atoms with Crippen LogP contribution in [0.25, 0.3) is 5.76 Å². The zero-order valence-corrected chi connectivity index (χ0v) is 19.7. The van der Waals surface area contributed by atoms with Crippen LogP contribution in [0.4, 0.5) is 5.69 Å². The molecule has 1 atom stereocenters. The Bertz CT molecular complexity index is 1290. The summed E-state index contributed by atoms with van der Waals surface area (Å²) >= 11 is 0. The summed E-state index contributed by atoms with van der Waals surface area (Å²) in [7, 11) is 1.57. The Labute approximate surface area is 199 Å². The molecule has 1 aliphatic rings. The first kappa shape index (κ1) is 23.1. The number of ketones is 1. The number of nitrogens with zero attached hydrogens (tertiary/aromatic N) is 1. The minimum Gasteiger partial charge on any atom is -0.507 e. The van der Waals surface area contributed by atoms with E-state index < -0.39 is 17.7 Å². The number of hydrogen-bond donors (Lipinski definition) is 1. The Kier molecular flexibility index (Phi) is 6.41. The molecule has 0 saturated carbocycles. The number of hydrogen-bond acceptors (Lipinski definition) is 5. The number of ether oxygens (including phenoxy) is 2. The number of aryl methyl sites for hydroxylation is 2. The molecule has 4 rings (SSSR count). The van der Waals surface area contributed by atoms with E-state index in [1.165, 1.54) is 4.90 Å². The third kappa shape index (κ3) is 4.03. The fourth-order valence-corrected chi connectivity index (χ4v) is 4.36. The minimum absolute atomic E-state index is 0.0469. The highest BCUT2D eigenvalue weighted by Crippen LogP contribution is 2.43. The van der Waals surface area contributed by atoms with Crippen molar-refractivity contribution < 1.29 is 24.2 Å². The van der Waals surface area contributed by atoms with E-state index in [4.69, 9.17) is 9.47 Å². The van der Waals surface area contributed by atoms with E-state index in [1.54, 1.807) is 49.6 Å². The zero-order chi connectivity index (χ0) is 24.4. The number of aliphatic hydroxyl groups is 1. The molecule has 1 N–H and O–H groups in total. The van der Waals surface area contributed by atoms with Crippen LogP contribution in [0.1, 0.15) is 35.2 Å². The number of Topliss-reactive ketones (excluding diaryl/α,β-unsaturated/α-hetero) is 1. The Hall–Kier alpha value is -4.06. The number of rotatable bonds is 6. The van der Waals surface area contributed by atoms with Gasteiger partial charge in [0.2, 0.25) is 0 Å². The number of benzene rings is 3. The molecule has 0 bridgehead atoms. The van der Waals surface area contributed by atoms with Crippen LogP contribution >= 0.6 is 0 Å². The average molecular weight is 458 g/mol. The van der Waals surface area contributed by atoms with Crippen molar-refractivity contribution in [2.75, 3.05) is 18.6 Å². The fourth-order valence-electron chi connectivity index (χ4n) is 4.36. The number of carbonyl (C=O) groups is 2. The lowest BCUT2D eigenvalue weighted by Gasteiger charge is -2.27. The molecule has 6 heteroatoms. The van der Waals surface area contributed by atoms with Crippen molar-refractivity contribution >= 4 is 23.1 Å². The fraction of sp³-hybridized carbons (Fsp3) is 0.214. The largest absolute Gasteiger partial charge is 0.507 e. The summed E-state index contributed by atoms with van der Waals surface area (Å²) in [5, 5.41) is 11.3. The molecule has 1 fully saturated rings. The molecule has 1 aliphatic heterocycles. The molecular formula is C28H27NO5. The van der Waals surface area contributed by atoms with Crippen molar-refractivity contribution in [1.82, 2.24) is 0 Å². The summed E-state index contributed by atoms with van der Waals surface area (Å²) in [4.78, 5) is 28.1. The van der Waals surface area contributed by atoms with E-state index in [2.05, 4.69) is 0 Å². The Morgan fingerprint density at radius 2 is 1.74 bits per heavy atom. The third-order valence-corrected chi connectivity index (χ3v) is 6.00. The van der Waals surface area contributed by atoms with Gasteiger partial charge >= 0.3 is 0 Å². The monoisotopic (exact) mass is 457 g/mol. The summed E-state index contributed by atoms with van der Waals surface area (Å²) in [6.07, 6.45) is 0. The van der Waals surface area contributed by atoms with Crippen molar-refractivity contribution in [2.45, 2.75) is 26.8 Å². The SMILES string of the molecule is CCOc1cccc(N2C(=O)C(=O)/C(=C(/O)c3ccc(OC)c(C)c3)C2c2ccccc2C)c1. The van der Waals surface area contributed by atoms with Crippen molar-refractivity contribution in [3.63, 3.8) is 0 Å². The Morgan fingerprint density at radius 3 is 2.41 bits per heavy atom. The maximum atomic E-state index is 13.4. The summed E-state index contributed by atoms with van der Waals surface area (Å²) in [5.41, 5.74) is 3.47. The molecular weight excluding hydrogens is 430 g/mol. The van der Waals surface area contributed by atoms with Gasteiger partial charge in [-0.05, 0) is 67.8 Å². The van der Waals surface area contributed by atoms with Crippen molar-refractivity contribution in [1.29, 1.82) is 0 Å². The molecule has 1 amide bonds. The normalized spacial score (nSPS) is 17.2. The Balaban J connectivity index is 1.94. The zero-order valence-electron chi connectivity index (χ0n) is 19.7. The number of carbonyl (C=O) groups excluding carboxylic acids is 2. The van der Waals surface area contributed by atoms with E-state index in [0.717, 1.165) is 16.7 Å². The number of anilines is 1. The van der Waals surface area contributed by atoms with Gasteiger partial charge in [0.1, 0.15) is 17.3 Å². The van der Waals surface area contributed by atoms with Crippen LogP contribution in [0, 0.1) is 13.8 Å². The molecule has 1 saturated heterocycles. The van der Waals surface area contributed by atoms with Crippen LogP contribution in [0.15, 0.2) is 72.3 Å². The van der Waals surface area contributed by atoms with E-state index in [0.29, 0.717) is 29.4 Å². The van der Waals surface area contributed by atoms with Crippen molar-refractivity contribution in [3.8, 4) is 11.5 Å². The van der Waals surface area contributed by atoms with Gasteiger partial charge in [0, 0.05) is 17.3 Å². The van der Waals surface area contributed by atoms with Crippen LogP contribution in [-0.2, 0) is 9.59 Å². The van der Waals surface area contributed by atoms with E-state index >= 15 is 0 Å². The predicted octanol–water partition coefficient (Wildman–Crippen LogP) is 5.34. The van der Waals surface area contributed by atoms with Gasteiger partial charge in [-0.2, -0.15) is 0 Å². The van der Waals surface area contributed by atoms with Crippen molar-refractivity contribution in [2.24, 2.45) is 0 Å². The van der Waals surface area contributed by atoms with E-state index in [9.17, 15) is 14.7 Å². The number of aliphatic hydroxyl groups excluding tert-OH is 1. The van der Waals surface area contributed by atoms with Gasteiger partial charge in [0.15, 0.2) is 0 Å². The molecule has 34 heavy (non-hydrogen) atoms. The smallest absolute Gasteiger partial charge is 0.300 e. The second-order valence-corrected chi connectivity index (χ2v) is 8.14. The number of methoxy groups -OCH3 is 1. The van der Waals surface area contributed by atoms with Crippen LogP contribution in [-0.4, -0.2) is 30.5 Å². The predicted molar refractivity (Wildman–Crippen MR) is 131 cm³/mol. The van der Waals surface area contributed by atoms with Crippen LogP contribution in [0.5, 0.6) is 11.5 Å². The summed E-state index contributed by atoms with van der Waals surface area (Å²) in [6, 6.07) is 19.0. The summed E-state index contributed by atoms with van der Waals surface area (Å²) < 4.78 is 10.9. The van der Waals surface area contributed by atoms with Crippen LogP contribution < -0.4 is 14.4 Å². The van der Waals surface area contributed by atoms with Gasteiger partial charge in [0.05, 0.1) is 25.3 Å². The lowest BCUT2D eigenvalue weighted by Crippen LogP contribution is -2.29. The molecule has 1 heterocycles. The minimum atomic E-state index is -0.791. The number of amides is 1. The first-order chi connectivity index (χ1) is 16.4. The van der Waals surface area contributed by atoms with Gasteiger partial charge in [-0.1, -0.05) is 30.3 Å². The van der Waals surface area contributed by atoms with Gasteiger partial charge < -0.3 is 14.6 Å². The highest BCUT2D eigenvalue weighted by atomic mass is 16.5. The van der Waals surface area contributed by atoms with Gasteiger partial charge in [-0.25, -0.2) is 0 Å². The third-order valence-electron chi connectivity index (χ3n) is 6.00. The molecule has 174 valence electrons. The standard InChI is InChI=1S/C28H27NO5/c1-5-34-21-11-8-10-20(16-21)29-25(22-12-7-6-9-17(22)2)24(27(31)28(29)32)26(30)19-13-14-23(33-4)18(3)15-19/h6-16,25,30H,5H2,1-4H3/b26-24+. The van der Waals surface area contributed by atoms with Crippen LogP contribution in [0.2, 0.25) is 0 Å². The quantitative estimate of drug-likeness (QED) is 0.307. The molecule has 1 unspecified atom stereocenters. The molecule has 0 aliphatic carbocycles. The second kappa shape index (κ2) is 9.43. The second-order valence-electron chi connectivity index (χ2n) is 8.14. The average Bonchev–Trinajstić information content (AvgIpc) is 3.09. The molecule has 0 spiro atoms. The van der Waals surface area contributed by atoms with Gasteiger partial charge in [-0.15, -0.1) is 0 Å². The maximum Gasteiger partial charge on any atom is 0.300 e. The first-order valence-electron chi connectivity index (χ1n) is 11.1. The maximum absolute atomic E-state index is 13.4. The lowest BCUT2D eigenvalue weighted by atomic mass is 9.92. The van der Waals surface area contributed by atoms with Crippen LogP contribution in [0.3, 0.4) is 0 Å². The molecule has 3 aromatic carbocycles. The van der Waals surface area contributed by atoms with Gasteiger partial charge in [0.25, 0.3) is 11.7 Å². The van der Waals surface area contributed by atoms with E-state index in [-0.39, 0.29) is 11.3 Å². The lowest BCUT2D eigenvalue weighted by molar-refractivity contribution is -0.132. The Morgan fingerprint density at radius 1 is 0.971 bits per heavy atom. The highest BCUT2D eigenvalue weighted by molar-refractivity contribution is 6.51. The summed E-state index contributed by atoms with van der Waals surface area (Å²) in [5.74, 6) is -0.396. The topological polar surface area (TPSA) is 76.1 Å². The van der Waals surface area contributed by atoms with Gasteiger partial charge in [-0.3, -0.25) is 14.5 Å². The highest BCUT2D eigenvalue weighted by Gasteiger charge is 2.47. The summed E-state index contributed by atoms with van der Waals surface area (Å²) in [6.45, 7) is 6.12. The molecule has 6 nitrogen and oxygen atoms in total.